The molecular formula is C17H20O5. The van der Waals surface area contributed by atoms with Crippen LogP contribution >= 0.6 is 0 Å². The lowest BCUT2D eigenvalue weighted by molar-refractivity contribution is 0.0624. The van der Waals surface area contributed by atoms with Gasteiger partial charge in [0.2, 0.25) is 5.75 Å². The van der Waals surface area contributed by atoms with Crippen LogP contribution in [0.25, 0.3) is 0 Å². The Hall–Kier alpha value is -2.40. The summed E-state index contributed by atoms with van der Waals surface area (Å²) in [7, 11) is 1.42. The van der Waals surface area contributed by atoms with Gasteiger partial charge in [0.15, 0.2) is 11.5 Å². The molecule has 0 unspecified atom stereocenters. The lowest BCUT2D eigenvalue weighted by Gasteiger charge is -2.19. The number of phenols is 3. The summed E-state index contributed by atoms with van der Waals surface area (Å²) in [5, 5.41) is 28.9. The molecule has 118 valence electrons. The summed E-state index contributed by atoms with van der Waals surface area (Å²) in [6, 6.07) is 9.99. The SMILES string of the molecule is CCO[C@@H](Cc1ccc(O)cc1)c1cc(O)c(O)c(OC)c1. The zero-order valence-electron chi connectivity index (χ0n) is 12.6. The molecule has 2 aromatic rings. The summed E-state index contributed by atoms with van der Waals surface area (Å²) in [5.41, 5.74) is 1.70. The van der Waals surface area contributed by atoms with Crippen molar-refractivity contribution in [1.82, 2.24) is 0 Å². The summed E-state index contributed by atoms with van der Waals surface area (Å²) in [6.07, 6.45) is 0.275. The van der Waals surface area contributed by atoms with Crippen LogP contribution in [0.15, 0.2) is 36.4 Å². The molecular weight excluding hydrogens is 284 g/mol. The Morgan fingerprint density at radius 1 is 1.05 bits per heavy atom. The van der Waals surface area contributed by atoms with E-state index in [2.05, 4.69) is 0 Å². The molecule has 0 saturated heterocycles. The summed E-state index contributed by atoms with van der Waals surface area (Å²) >= 11 is 0. The average Bonchev–Trinajstić information content (AvgIpc) is 2.51. The molecule has 3 N–H and O–H groups in total. The number of phenolic OH excluding ortho intramolecular Hbond substituents is 3. The molecule has 0 aliphatic carbocycles. The Kier molecular flexibility index (Phi) is 5.12. The average molecular weight is 304 g/mol. The van der Waals surface area contributed by atoms with Gasteiger partial charge in [-0.2, -0.15) is 0 Å². The Balaban J connectivity index is 2.31. The van der Waals surface area contributed by atoms with Crippen molar-refractivity contribution in [3.05, 3.63) is 47.5 Å². The van der Waals surface area contributed by atoms with Crippen LogP contribution < -0.4 is 4.74 Å². The molecule has 0 radical (unpaired) electrons. The van der Waals surface area contributed by atoms with Crippen molar-refractivity contribution in [3.8, 4) is 23.0 Å². The van der Waals surface area contributed by atoms with Crippen LogP contribution in [0.3, 0.4) is 0 Å². The topological polar surface area (TPSA) is 79.2 Å². The first kappa shape index (κ1) is 16.0. The molecule has 1 atom stereocenters. The summed E-state index contributed by atoms with van der Waals surface area (Å²) in [6.45, 7) is 2.40. The van der Waals surface area contributed by atoms with Crippen LogP contribution in [0.2, 0.25) is 0 Å². The van der Waals surface area contributed by atoms with Crippen molar-refractivity contribution in [3.63, 3.8) is 0 Å². The van der Waals surface area contributed by atoms with Crippen LogP contribution in [-0.4, -0.2) is 29.0 Å². The molecule has 0 aromatic heterocycles. The highest BCUT2D eigenvalue weighted by Gasteiger charge is 2.18. The van der Waals surface area contributed by atoms with Crippen LogP contribution in [0.5, 0.6) is 23.0 Å². The van der Waals surface area contributed by atoms with Crippen LogP contribution in [0.1, 0.15) is 24.2 Å². The zero-order chi connectivity index (χ0) is 16.1. The number of aromatic hydroxyl groups is 3. The molecule has 0 amide bonds. The minimum atomic E-state index is -0.296. The minimum Gasteiger partial charge on any atom is -0.508 e. The molecule has 2 aromatic carbocycles. The van der Waals surface area contributed by atoms with Crippen molar-refractivity contribution in [2.45, 2.75) is 19.4 Å². The van der Waals surface area contributed by atoms with Gasteiger partial charge in [-0.15, -0.1) is 0 Å². The third-order valence-electron chi connectivity index (χ3n) is 3.39. The number of ether oxygens (including phenoxy) is 2. The van der Waals surface area contributed by atoms with Crippen molar-refractivity contribution in [2.24, 2.45) is 0 Å². The second-order valence-corrected chi connectivity index (χ2v) is 4.91. The molecule has 0 aliphatic heterocycles. The van der Waals surface area contributed by atoms with E-state index in [0.29, 0.717) is 18.6 Å². The molecule has 0 fully saturated rings. The van der Waals surface area contributed by atoms with E-state index in [0.717, 1.165) is 5.56 Å². The van der Waals surface area contributed by atoms with E-state index in [4.69, 9.17) is 9.47 Å². The van der Waals surface area contributed by atoms with E-state index in [1.165, 1.54) is 13.2 Å². The summed E-state index contributed by atoms with van der Waals surface area (Å²) in [5.74, 6) is -0.123. The van der Waals surface area contributed by atoms with Crippen molar-refractivity contribution in [1.29, 1.82) is 0 Å². The first-order valence-corrected chi connectivity index (χ1v) is 7.04. The quantitative estimate of drug-likeness (QED) is 0.715. The van der Waals surface area contributed by atoms with Crippen molar-refractivity contribution >= 4 is 0 Å². The zero-order valence-corrected chi connectivity index (χ0v) is 12.6. The van der Waals surface area contributed by atoms with Gasteiger partial charge in [0.25, 0.3) is 0 Å². The Bertz CT molecular complexity index is 622. The third kappa shape index (κ3) is 3.62. The summed E-state index contributed by atoms with van der Waals surface area (Å²) in [4.78, 5) is 0. The molecule has 0 heterocycles. The molecule has 0 aliphatic rings. The van der Waals surface area contributed by atoms with Gasteiger partial charge in [-0.05, 0) is 42.3 Å². The fourth-order valence-corrected chi connectivity index (χ4v) is 2.28. The van der Waals surface area contributed by atoms with Gasteiger partial charge in [-0.3, -0.25) is 0 Å². The largest absolute Gasteiger partial charge is 0.508 e. The molecule has 0 saturated carbocycles. The van der Waals surface area contributed by atoms with Gasteiger partial charge in [0.1, 0.15) is 5.75 Å². The van der Waals surface area contributed by atoms with Gasteiger partial charge >= 0.3 is 0 Å². The van der Waals surface area contributed by atoms with Gasteiger partial charge in [0.05, 0.1) is 13.2 Å². The van der Waals surface area contributed by atoms with Gasteiger partial charge < -0.3 is 24.8 Å². The number of hydrogen-bond donors (Lipinski definition) is 3. The van der Waals surface area contributed by atoms with E-state index < -0.39 is 0 Å². The Morgan fingerprint density at radius 2 is 1.73 bits per heavy atom. The van der Waals surface area contributed by atoms with E-state index in [-0.39, 0.29) is 29.1 Å². The second kappa shape index (κ2) is 7.04. The molecule has 22 heavy (non-hydrogen) atoms. The van der Waals surface area contributed by atoms with Crippen LogP contribution in [-0.2, 0) is 11.2 Å². The Labute approximate surface area is 129 Å². The summed E-state index contributed by atoms with van der Waals surface area (Å²) < 4.78 is 10.8. The molecule has 5 nitrogen and oxygen atoms in total. The van der Waals surface area contributed by atoms with Gasteiger partial charge in [-0.1, -0.05) is 12.1 Å². The maximum Gasteiger partial charge on any atom is 0.200 e. The van der Waals surface area contributed by atoms with E-state index in [1.807, 2.05) is 19.1 Å². The molecule has 0 bridgehead atoms. The first-order valence-electron chi connectivity index (χ1n) is 7.04. The maximum absolute atomic E-state index is 9.81. The minimum absolute atomic E-state index is 0.199. The lowest BCUT2D eigenvalue weighted by atomic mass is 10.00. The fourth-order valence-electron chi connectivity index (χ4n) is 2.28. The highest BCUT2D eigenvalue weighted by Crippen LogP contribution is 2.39. The van der Waals surface area contributed by atoms with E-state index >= 15 is 0 Å². The highest BCUT2D eigenvalue weighted by atomic mass is 16.5. The number of methoxy groups -OCH3 is 1. The van der Waals surface area contributed by atoms with E-state index in [1.54, 1.807) is 18.2 Å². The van der Waals surface area contributed by atoms with Crippen LogP contribution in [0.4, 0.5) is 0 Å². The number of benzene rings is 2. The van der Waals surface area contributed by atoms with Crippen LogP contribution in [0, 0.1) is 0 Å². The van der Waals surface area contributed by atoms with Gasteiger partial charge in [-0.25, -0.2) is 0 Å². The monoisotopic (exact) mass is 304 g/mol. The predicted octanol–water partition coefficient (Wildman–Crippen LogP) is 3.13. The lowest BCUT2D eigenvalue weighted by Crippen LogP contribution is -2.08. The standard InChI is InChI=1S/C17H20O5/c1-3-22-15(8-11-4-6-13(18)7-5-11)12-9-14(19)17(20)16(10-12)21-2/h4-7,9-10,15,18-20H,3,8H2,1-2H3/t15-/m0/s1. The normalized spacial score (nSPS) is 12.1. The Morgan fingerprint density at radius 3 is 2.32 bits per heavy atom. The second-order valence-electron chi connectivity index (χ2n) is 4.91. The molecule has 0 spiro atoms. The highest BCUT2D eigenvalue weighted by molar-refractivity contribution is 5.52. The van der Waals surface area contributed by atoms with Crippen molar-refractivity contribution < 1.29 is 24.8 Å². The third-order valence-corrected chi connectivity index (χ3v) is 3.39. The fraction of sp³-hybridized carbons (Fsp3) is 0.294. The smallest absolute Gasteiger partial charge is 0.200 e. The predicted molar refractivity (Wildman–Crippen MR) is 82.5 cm³/mol. The molecule has 5 heteroatoms. The number of hydrogen-bond acceptors (Lipinski definition) is 5. The van der Waals surface area contributed by atoms with Crippen molar-refractivity contribution in [2.75, 3.05) is 13.7 Å². The molecule has 2 rings (SSSR count). The maximum atomic E-state index is 9.81. The van der Waals surface area contributed by atoms with Gasteiger partial charge in [0, 0.05) is 13.0 Å². The number of rotatable bonds is 6. The van der Waals surface area contributed by atoms with E-state index in [9.17, 15) is 15.3 Å². The first-order chi connectivity index (χ1) is 10.5.